The molecule has 0 N–H and O–H groups in total. The Morgan fingerprint density at radius 2 is 1.83 bits per heavy atom. The number of rotatable bonds is 6. The molecule has 2 aromatic carbocycles. The van der Waals surface area contributed by atoms with Gasteiger partial charge in [-0.3, -0.25) is 14.5 Å². The van der Waals surface area contributed by atoms with Crippen molar-refractivity contribution in [1.82, 2.24) is 4.90 Å². The molecule has 2 aliphatic rings. The molecule has 0 bridgehead atoms. The molecule has 2 aromatic rings. The van der Waals surface area contributed by atoms with Crippen LogP contribution in [0.4, 0.5) is 4.79 Å². The molecule has 2 fully saturated rings. The molecular formula is C25H27NO3S. The van der Waals surface area contributed by atoms with Crippen LogP contribution in [0.15, 0.2) is 53.4 Å². The lowest BCUT2D eigenvalue weighted by Crippen LogP contribution is -2.34. The minimum absolute atomic E-state index is 0.144. The summed E-state index contributed by atoms with van der Waals surface area (Å²) in [5.41, 5.74) is 3.23. The summed E-state index contributed by atoms with van der Waals surface area (Å²) in [6, 6.07) is 15.9. The predicted molar refractivity (Wildman–Crippen MR) is 121 cm³/mol. The van der Waals surface area contributed by atoms with E-state index < -0.39 is 0 Å². The number of amides is 2. The Labute approximate surface area is 182 Å². The standard InChI is InChI=1S/C25H27NO3S/c1-18-6-5-9-21(14-18)17-29-22-12-10-19(11-13-22)15-23-24(27)26(25(28)30-23)16-20-7-3-2-4-8-20/h5-6,9-15,20H,2-4,7-8,16-17H2,1H3/b23-15+. The fourth-order valence-electron chi connectivity index (χ4n) is 4.07. The van der Waals surface area contributed by atoms with E-state index in [1.54, 1.807) is 6.08 Å². The third-order valence-electron chi connectivity index (χ3n) is 5.70. The molecule has 156 valence electrons. The SMILES string of the molecule is Cc1cccc(COc2ccc(/C=C3/SC(=O)N(CC4CCCCC4)C3=O)cc2)c1. The molecule has 0 atom stereocenters. The second-order valence-corrected chi connectivity index (χ2v) is 9.14. The molecule has 1 saturated heterocycles. The van der Waals surface area contributed by atoms with Crippen LogP contribution in [0.3, 0.4) is 0 Å². The first kappa shape index (κ1) is 20.7. The minimum Gasteiger partial charge on any atom is -0.489 e. The second-order valence-electron chi connectivity index (χ2n) is 8.14. The highest BCUT2D eigenvalue weighted by Gasteiger charge is 2.36. The van der Waals surface area contributed by atoms with Gasteiger partial charge in [0.05, 0.1) is 4.91 Å². The first-order valence-corrected chi connectivity index (χ1v) is 11.4. The van der Waals surface area contributed by atoms with Crippen LogP contribution >= 0.6 is 11.8 Å². The van der Waals surface area contributed by atoms with Crippen molar-refractivity contribution >= 4 is 29.0 Å². The van der Waals surface area contributed by atoms with E-state index in [0.717, 1.165) is 41.5 Å². The van der Waals surface area contributed by atoms with Crippen LogP contribution in [0.2, 0.25) is 0 Å². The van der Waals surface area contributed by atoms with E-state index >= 15 is 0 Å². The largest absolute Gasteiger partial charge is 0.489 e. The summed E-state index contributed by atoms with van der Waals surface area (Å²) in [5, 5.41) is -0.144. The van der Waals surface area contributed by atoms with Gasteiger partial charge < -0.3 is 4.74 Å². The molecule has 1 heterocycles. The lowest BCUT2D eigenvalue weighted by molar-refractivity contribution is -0.123. The second kappa shape index (κ2) is 9.52. The summed E-state index contributed by atoms with van der Waals surface area (Å²) in [7, 11) is 0. The molecular weight excluding hydrogens is 394 g/mol. The zero-order chi connectivity index (χ0) is 20.9. The number of hydrogen-bond acceptors (Lipinski definition) is 4. The van der Waals surface area contributed by atoms with Gasteiger partial charge in [0.15, 0.2) is 0 Å². The molecule has 0 radical (unpaired) electrons. The van der Waals surface area contributed by atoms with Crippen molar-refractivity contribution in [3.63, 3.8) is 0 Å². The Kier molecular flexibility index (Phi) is 6.58. The highest BCUT2D eigenvalue weighted by atomic mass is 32.2. The number of carbonyl (C=O) groups excluding carboxylic acids is 2. The Bertz CT molecular complexity index is 945. The zero-order valence-corrected chi connectivity index (χ0v) is 18.1. The van der Waals surface area contributed by atoms with Gasteiger partial charge in [-0.15, -0.1) is 0 Å². The maximum Gasteiger partial charge on any atom is 0.293 e. The molecule has 0 spiro atoms. The molecule has 0 aromatic heterocycles. The first-order valence-electron chi connectivity index (χ1n) is 10.6. The Balaban J connectivity index is 1.37. The van der Waals surface area contributed by atoms with E-state index in [1.165, 1.54) is 29.7 Å². The van der Waals surface area contributed by atoms with Crippen molar-refractivity contribution in [3.05, 3.63) is 70.1 Å². The number of hydrogen-bond donors (Lipinski definition) is 0. The van der Waals surface area contributed by atoms with Crippen LogP contribution < -0.4 is 4.74 Å². The Hall–Kier alpha value is -2.53. The van der Waals surface area contributed by atoms with Crippen LogP contribution in [-0.4, -0.2) is 22.6 Å². The average Bonchev–Trinajstić information content (AvgIpc) is 3.01. The maximum absolute atomic E-state index is 12.7. The maximum atomic E-state index is 12.7. The van der Waals surface area contributed by atoms with Crippen LogP contribution in [0.25, 0.3) is 6.08 Å². The van der Waals surface area contributed by atoms with Crippen molar-refractivity contribution in [1.29, 1.82) is 0 Å². The molecule has 4 rings (SSSR count). The quantitative estimate of drug-likeness (QED) is 0.522. The summed E-state index contributed by atoms with van der Waals surface area (Å²) >= 11 is 1.05. The molecule has 1 aliphatic heterocycles. The summed E-state index contributed by atoms with van der Waals surface area (Å²) < 4.78 is 5.86. The van der Waals surface area contributed by atoms with Gasteiger partial charge in [0.25, 0.3) is 11.1 Å². The normalized spacial score (nSPS) is 19.0. The van der Waals surface area contributed by atoms with Crippen LogP contribution in [0.5, 0.6) is 5.75 Å². The molecule has 0 unspecified atom stereocenters. The molecule has 1 saturated carbocycles. The van der Waals surface area contributed by atoms with Gasteiger partial charge in [-0.1, -0.05) is 61.2 Å². The average molecular weight is 422 g/mol. The van der Waals surface area contributed by atoms with Gasteiger partial charge >= 0.3 is 0 Å². The van der Waals surface area contributed by atoms with Crippen molar-refractivity contribution in [3.8, 4) is 5.75 Å². The van der Waals surface area contributed by atoms with Crippen molar-refractivity contribution in [2.45, 2.75) is 45.6 Å². The van der Waals surface area contributed by atoms with Gasteiger partial charge in [0.2, 0.25) is 0 Å². The third kappa shape index (κ3) is 5.14. The van der Waals surface area contributed by atoms with Gasteiger partial charge in [-0.05, 0) is 66.8 Å². The first-order chi connectivity index (χ1) is 14.6. The number of aryl methyl sites for hydroxylation is 1. The number of ether oxygens (including phenoxy) is 1. The molecule has 5 heteroatoms. The summed E-state index contributed by atoms with van der Waals surface area (Å²) in [6.07, 6.45) is 7.71. The van der Waals surface area contributed by atoms with Crippen molar-refractivity contribution < 1.29 is 14.3 Å². The summed E-state index contributed by atoms with van der Waals surface area (Å²) in [5.74, 6) is 1.07. The number of carbonyl (C=O) groups is 2. The lowest BCUT2D eigenvalue weighted by Gasteiger charge is -2.25. The molecule has 4 nitrogen and oxygen atoms in total. The molecule has 1 aliphatic carbocycles. The third-order valence-corrected chi connectivity index (χ3v) is 6.61. The van der Waals surface area contributed by atoms with E-state index in [-0.39, 0.29) is 11.1 Å². The number of thioether (sulfide) groups is 1. The lowest BCUT2D eigenvalue weighted by atomic mass is 9.89. The van der Waals surface area contributed by atoms with E-state index in [2.05, 4.69) is 19.1 Å². The topological polar surface area (TPSA) is 46.6 Å². The van der Waals surface area contributed by atoms with E-state index in [4.69, 9.17) is 4.74 Å². The van der Waals surface area contributed by atoms with Crippen LogP contribution in [0.1, 0.15) is 48.8 Å². The Morgan fingerprint density at radius 1 is 1.07 bits per heavy atom. The van der Waals surface area contributed by atoms with E-state index in [0.29, 0.717) is 24.0 Å². The molecule has 2 amide bonds. The van der Waals surface area contributed by atoms with Crippen LogP contribution in [0, 0.1) is 12.8 Å². The van der Waals surface area contributed by atoms with Crippen LogP contribution in [-0.2, 0) is 11.4 Å². The fraction of sp³-hybridized carbons (Fsp3) is 0.360. The van der Waals surface area contributed by atoms with Crippen molar-refractivity contribution in [2.75, 3.05) is 6.54 Å². The monoisotopic (exact) mass is 421 g/mol. The number of benzene rings is 2. The number of nitrogens with zero attached hydrogens (tertiary/aromatic N) is 1. The highest BCUT2D eigenvalue weighted by Crippen LogP contribution is 2.35. The van der Waals surface area contributed by atoms with Gasteiger partial charge in [0, 0.05) is 6.54 Å². The smallest absolute Gasteiger partial charge is 0.293 e. The predicted octanol–water partition coefficient (Wildman–Crippen LogP) is 6.19. The summed E-state index contributed by atoms with van der Waals surface area (Å²) in [4.78, 5) is 27.0. The fourth-order valence-corrected chi connectivity index (χ4v) is 4.91. The highest BCUT2D eigenvalue weighted by molar-refractivity contribution is 8.18. The van der Waals surface area contributed by atoms with E-state index in [1.807, 2.05) is 36.4 Å². The number of imide groups is 1. The van der Waals surface area contributed by atoms with Gasteiger partial charge in [-0.2, -0.15) is 0 Å². The van der Waals surface area contributed by atoms with E-state index in [9.17, 15) is 9.59 Å². The van der Waals surface area contributed by atoms with Gasteiger partial charge in [0.1, 0.15) is 12.4 Å². The van der Waals surface area contributed by atoms with Crippen molar-refractivity contribution in [2.24, 2.45) is 5.92 Å². The molecule has 30 heavy (non-hydrogen) atoms. The van der Waals surface area contributed by atoms with Gasteiger partial charge in [-0.25, -0.2) is 0 Å². The Morgan fingerprint density at radius 3 is 2.57 bits per heavy atom. The summed E-state index contributed by atoms with van der Waals surface area (Å²) in [6.45, 7) is 3.14. The minimum atomic E-state index is -0.157. The zero-order valence-electron chi connectivity index (χ0n) is 17.3.